The Morgan fingerprint density at radius 2 is 1.88 bits per heavy atom. The maximum atomic E-state index is 11.7. The van der Waals surface area contributed by atoms with Crippen molar-refractivity contribution in [1.29, 1.82) is 0 Å². The Balaban J connectivity index is 2.46. The van der Waals surface area contributed by atoms with Gasteiger partial charge >= 0.3 is 5.97 Å². The highest BCUT2D eigenvalue weighted by atomic mass is 16.4. The predicted octanol–water partition coefficient (Wildman–Crippen LogP) is 0.839. The molecule has 2 unspecified atom stereocenters. The van der Waals surface area contributed by atoms with Crippen LogP contribution in [0.5, 0.6) is 0 Å². The zero-order valence-electron chi connectivity index (χ0n) is 10.8. The van der Waals surface area contributed by atoms with Gasteiger partial charge in [0, 0.05) is 12.1 Å². The molecule has 1 aliphatic heterocycles. The van der Waals surface area contributed by atoms with Crippen molar-refractivity contribution in [3.8, 4) is 0 Å². The third-order valence-corrected chi connectivity index (χ3v) is 3.45. The first-order valence-corrected chi connectivity index (χ1v) is 6.19. The average Bonchev–Trinajstić information content (AvgIpc) is 2.23. The lowest BCUT2D eigenvalue weighted by Crippen LogP contribution is -2.50. The van der Waals surface area contributed by atoms with Crippen molar-refractivity contribution >= 4 is 11.9 Å². The van der Waals surface area contributed by atoms with Crippen LogP contribution in [0.2, 0.25) is 0 Å². The van der Waals surface area contributed by atoms with Crippen molar-refractivity contribution < 1.29 is 14.7 Å². The highest BCUT2D eigenvalue weighted by Gasteiger charge is 2.27. The quantitative estimate of drug-likeness (QED) is 0.766. The van der Waals surface area contributed by atoms with Crippen LogP contribution in [0.4, 0.5) is 0 Å². The molecule has 0 aromatic carbocycles. The molecule has 0 aliphatic carbocycles. The number of rotatable bonds is 4. The predicted molar refractivity (Wildman–Crippen MR) is 64.7 cm³/mol. The van der Waals surface area contributed by atoms with E-state index in [9.17, 15) is 9.59 Å². The molecule has 5 heteroatoms. The van der Waals surface area contributed by atoms with Gasteiger partial charge in [-0.2, -0.15) is 0 Å². The van der Waals surface area contributed by atoms with Crippen LogP contribution in [0.25, 0.3) is 0 Å². The van der Waals surface area contributed by atoms with Crippen LogP contribution in [-0.2, 0) is 9.59 Å². The fraction of sp³-hybridized carbons (Fsp3) is 0.833. The second kappa shape index (κ2) is 6.00. The van der Waals surface area contributed by atoms with Crippen LogP contribution in [0.3, 0.4) is 0 Å². The number of carboxylic acid groups (broad SMARTS) is 1. The molecular formula is C12H22N2O3. The maximum Gasteiger partial charge on any atom is 0.325 e. The van der Waals surface area contributed by atoms with Gasteiger partial charge in [0.05, 0.1) is 6.54 Å². The second-order valence-corrected chi connectivity index (χ2v) is 4.93. The Bertz CT molecular complexity index is 283. The summed E-state index contributed by atoms with van der Waals surface area (Å²) in [6.07, 6.45) is 3.41. The third kappa shape index (κ3) is 4.00. The van der Waals surface area contributed by atoms with Gasteiger partial charge in [0.15, 0.2) is 0 Å². The summed E-state index contributed by atoms with van der Waals surface area (Å²) in [5, 5.41) is 11.2. The molecule has 98 valence electrons. The first-order chi connectivity index (χ1) is 7.91. The molecule has 2 N–H and O–H groups in total. The number of hydrogen-bond acceptors (Lipinski definition) is 3. The Morgan fingerprint density at radius 1 is 1.35 bits per heavy atom. The summed E-state index contributed by atoms with van der Waals surface area (Å²) in [7, 11) is 0. The lowest BCUT2D eigenvalue weighted by Gasteiger charge is -2.38. The molecule has 0 aromatic heterocycles. The number of amides is 1. The van der Waals surface area contributed by atoms with Gasteiger partial charge < -0.3 is 10.4 Å². The molecule has 1 saturated heterocycles. The summed E-state index contributed by atoms with van der Waals surface area (Å²) in [5.74, 6) is -1.21. The number of carboxylic acids is 1. The van der Waals surface area contributed by atoms with E-state index in [0.29, 0.717) is 18.6 Å². The van der Waals surface area contributed by atoms with Crippen LogP contribution in [0, 0.1) is 0 Å². The lowest BCUT2D eigenvalue weighted by molar-refractivity contribution is -0.141. The summed E-state index contributed by atoms with van der Waals surface area (Å²) in [5.41, 5.74) is 0. The number of hydrogen-bond donors (Lipinski definition) is 2. The number of nitrogens with one attached hydrogen (secondary N) is 1. The molecule has 0 radical (unpaired) electrons. The number of nitrogens with zero attached hydrogens (tertiary/aromatic N) is 1. The number of likely N-dealkylation sites (tertiary alicyclic amines) is 1. The van der Waals surface area contributed by atoms with E-state index in [-0.39, 0.29) is 5.91 Å². The zero-order valence-corrected chi connectivity index (χ0v) is 10.8. The maximum absolute atomic E-state index is 11.7. The SMILES string of the molecule is CC1CCCC(C)N1CC(=O)N[C@@H](C)C(=O)O. The molecule has 1 aliphatic rings. The Labute approximate surface area is 102 Å². The van der Waals surface area contributed by atoms with Crippen molar-refractivity contribution in [1.82, 2.24) is 10.2 Å². The van der Waals surface area contributed by atoms with E-state index < -0.39 is 12.0 Å². The zero-order chi connectivity index (χ0) is 13.0. The molecule has 17 heavy (non-hydrogen) atoms. The van der Waals surface area contributed by atoms with E-state index in [4.69, 9.17) is 5.11 Å². The molecule has 0 spiro atoms. The molecule has 1 amide bonds. The summed E-state index contributed by atoms with van der Waals surface area (Å²) in [6, 6.07) is -0.0350. The Hall–Kier alpha value is -1.10. The molecule has 1 heterocycles. The molecule has 1 fully saturated rings. The van der Waals surface area contributed by atoms with Crippen LogP contribution in [0.15, 0.2) is 0 Å². The van der Waals surface area contributed by atoms with Gasteiger partial charge in [-0.1, -0.05) is 6.42 Å². The van der Waals surface area contributed by atoms with Crippen LogP contribution < -0.4 is 5.32 Å². The van der Waals surface area contributed by atoms with E-state index in [1.807, 2.05) is 0 Å². The van der Waals surface area contributed by atoms with Crippen molar-refractivity contribution in [2.24, 2.45) is 0 Å². The number of carbonyl (C=O) groups excluding carboxylic acids is 1. The molecule has 0 saturated carbocycles. The van der Waals surface area contributed by atoms with E-state index in [2.05, 4.69) is 24.1 Å². The van der Waals surface area contributed by atoms with Gasteiger partial charge in [0.1, 0.15) is 6.04 Å². The van der Waals surface area contributed by atoms with Gasteiger partial charge in [-0.15, -0.1) is 0 Å². The second-order valence-electron chi connectivity index (χ2n) is 4.93. The molecule has 5 nitrogen and oxygen atoms in total. The normalized spacial score (nSPS) is 27.5. The molecule has 3 atom stereocenters. The van der Waals surface area contributed by atoms with E-state index in [0.717, 1.165) is 12.8 Å². The molecule has 1 rings (SSSR count). The van der Waals surface area contributed by atoms with Gasteiger partial charge in [-0.25, -0.2) is 0 Å². The topological polar surface area (TPSA) is 69.6 Å². The Morgan fingerprint density at radius 3 is 2.35 bits per heavy atom. The molecular weight excluding hydrogens is 220 g/mol. The summed E-state index contributed by atoms with van der Waals surface area (Å²) in [6.45, 7) is 6.00. The van der Waals surface area contributed by atoms with Crippen molar-refractivity contribution in [2.75, 3.05) is 6.54 Å². The summed E-state index contributed by atoms with van der Waals surface area (Å²) >= 11 is 0. The minimum Gasteiger partial charge on any atom is -0.480 e. The average molecular weight is 242 g/mol. The Kier molecular flexibility index (Phi) is 4.93. The number of aliphatic carboxylic acids is 1. The molecule has 0 bridgehead atoms. The van der Waals surface area contributed by atoms with Crippen molar-refractivity contribution in [3.63, 3.8) is 0 Å². The summed E-state index contributed by atoms with van der Waals surface area (Å²) < 4.78 is 0. The third-order valence-electron chi connectivity index (χ3n) is 3.45. The highest BCUT2D eigenvalue weighted by Crippen LogP contribution is 2.21. The standard InChI is InChI=1S/C12H22N2O3/c1-8-5-4-6-9(2)14(8)7-11(15)13-10(3)12(16)17/h8-10H,4-7H2,1-3H3,(H,13,15)(H,16,17)/t8?,9?,10-/m0/s1. The van der Waals surface area contributed by atoms with Gasteiger partial charge in [0.2, 0.25) is 5.91 Å². The first kappa shape index (κ1) is 14.0. The van der Waals surface area contributed by atoms with Crippen LogP contribution in [-0.4, -0.2) is 46.6 Å². The van der Waals surface area contributed by atoms with Gasteiger partial charge in [0.25, 0.3) is 0 Å². The minimum absolute atomic E-state index is 0.208. The first-order valence-electron chi connectivity index (χ1n) is 6.19. The minimum atomic E-state index is -1.00. The van der Waals surface area contributed by atoms with Crippen molar-refractivity contribution in [3.05, 3.63) is 0 Å². The van der Waals surface area contributed by atoms with Crippen LogP contribution in [0.1, 0.15) is 40.0 Å². The summed E-state index contributed by atoms with van der Waals surface area (Å²) in [4.78, 5) is 24.5. The number of carbonyl (C=O) groups is 2. The van der Waals surface area contributed by atoms with Gasteiger partial charge in [-0.3, -0.25) is 14.5 Å². The van der Waals surface area contributed by atoms with E-state index in [1.54, 1.807) is 0 Å². The van der Waals surface area contributed by atoms with Crippen molar-refractivity contribution in [2.45, 2.75) is 58.2 Å². The largest absolute Gasteiger partial charge is 0.480 e. The van der Waals surface area contributed by atoms with E-state index in [1.165, 1.54) is 13.3 Å². The fourth-order valence-corrected chi connectivity index (χ4v) is 2.30. The fourth-order valence-electron chi connectivity index (χ4n) is 2.30. The smallest absolute Gasteiger partial charge is 0.325 e. The van der Waals surface area contributed by atoms with E-state index >= 15 is 0 Å². The number of piperidine rings is 1. The highest BCUT2D eigenvalue weighted by molar-refractivity contribution is 5.84. The monoisotopic (exact) mass is 242 g/mol. The lowest BCUT2D eigenvalue weighted by atomic mass is 9.97. The van der Waals surface area contributed by atoms with Crippen LogP contribution >= 0.6 is 0 Å². The molecule has 0 aromatic rings. The van der Waals surface area contributed by atoms with Gasteiger partial charge in [-0.05, 0) is 33.6 Å².